The fourth-order valence-electron chi connectivity index (χ4n) is 4.03. The first kappa shape index (κ1) is 21.0. The van der Waals surface area contributed by atoms with Gasteiger partial charge in [0, 0.05) is 19.5 Å². The smallest absolute Gasteiger partial charge is 0.233 e. The van der Waals surface area contributed by atoms with Gasteiger partial charge < -0.3 is 15.0 Å². The number of carbonyl (C=O) groups excluding carboxylic acids is 3. The quantitative estimate of drug-likeness (QED) is 0.532. The van der Waals surface area contributed by atoms with Gasteiger partial charge in [-0.05, 0) is 44.6 Å². The fraction of sp³-hybridized carbons (Fsp3) is 0.500. The Hall–Kier alpha value is -2.67. The Labute approximate surface area is 171 Å². The van der Waals surface area contributed by atoms with E-state index in [0.717, 1.165) is 11.3 Å². The number of rotatable bonds is 8. The molecular weight excluding hydrogens is 370 g/mol. The predicted molar refractivity (Wildman–Crippen MR) is 109 cm³/mol. The molecule has 0 bridgehead atoms. The van der Waals surface area contributed by atoms with Crippen LogP contribution in [0.3, 0.4) is 0 Å². The summed E-state index contributed by atoms with van der Waals surface area (Å²) in [4.78, 5) is 40.6. The van der Waals surface area contributed by atoms with Crippen LogP contribution in [0.5, 0.6) is 5.75 Å². The molecule has 1 aliphatic carbocycles. The largest absolute Gasteiger partial charge is 0.497 e. The summed E-state index contributed by atoms with van der Waals surface area (Å²) in [5, 5.41) is 2.93. The van der Waals surface area contributed by atoms with Gasteiger partial charge in [0.2, 0.25) is 17.7 Å². The molecule has 1 aromatic rings. The lowest BCUT2D eigenvalue weighted by Crippen LogP contribution is -2.38. The van der Waals surface area contributed by atoms with E-state index in [4.69, 9.17) is 4.74 Å². The lowest BCUT2D eigenvalue weighted by atomic mass is 9.85. The molecular formula is C22H29N3O4. The van der Waals surface area contributed by atoms with E-state index in [1.165, 1.54) is 4.90 Å². The third-order valence-corrected chi connectivity index (χ3v) is 5.78. The van der Waals surface area contributed by atoms with Crippen molar-refractivity contribution in [3.8, 4) is 5.75 Å². The monoisotopic (exact) mass is 399 g/mol. The van der Waals surface area contributed by atoms with E-state index in [2.05, 4.69) is 5.32 Å². The number of nitrogens with zero attached hydrogens (tertiary/aromatic N) is 2. The van der Waals surface area contributed by atoms with Gasteiger partial charge >= 0.3 is 0 Å². The fourth-order valence-corrected chi connectivity index (χ4v) is 4.03. The van der Waals surface area contributed by atoms with Crippen LogP contribution in [-0.4, -0.2) is 61.8 Å². The number of amides is 3. The standard InChI is InChI=1S/C22H29N3O4/c1-24(2)19(15-8-10-16(29-3)11-9-15)14-23-20(26)12-13-25-21(27)17-6-4-5-7-18(17)22(25)28/h4-5,8-11,17-19H,6-7,12-14H2,1-3H3,(H,23,26). The molecule has 3 amide bonds. The van der Waals surface area contributed by atoms with Crippen molar-refractivity contribution in [3.63, 3.8) is 0 Å². The zero-order valence-corrected chi connectivity index (χ0v) is 17.3. The Morgan fingerprint density at radius 2 is 1.72 bits per heavy atom. The van der Waals surface area contributed by atoms with Crippen LogP contribution in [0.1, 0.15) is 30.9 Å². The molecule has 1 heterocycles. The highest BCUT2D eigenvalue weighted by Crippen LogP contribution is 2.35. The SMILES string of the molecule is COc1ccc(C(CNC(=O)CCN2C(=O)C3CC=CCC3C2=O)N(C)C)cc1. The van der Waals surface area contributed by atoms with E-state index in [1.807, 2.05) is 55.4 Å². The molecule has 3 unspecified atom stereocenters. The maximum atomic E-state index is 12.5. The highest BCUT2D eigenvalue weighted by Gasteiger charge is 2.46. The Bertz CT molecular complexity index is 762. The van der Waals surface area contributed by atoms with Crippen molar-refractivity contribution in [3.05, 3.63) is 42.0 Å². The minimum atomic E-state index is -0.247. The molecule has 0 saturated carbocycles. The summed E-state index contributed by atoms with van der Waals surface area (Å²) in [5.41, 5.74) is 1.07. The Morgan fingerprint density at radius 1 is 1.14 bits per heavy atom. The number of fused-ring (bicyclic) bond motifs is 1. The van der Waals surface area contributed by atoms with Crippen LogP contribution >= 0.6 is 0 Å². The second-order valence-electron chi connectivity index (χ2n) is 7.79. The minimum absolute atomic E-state index is 0.00819. The van der Waals surface area contributed by atoms with Crippen molar-refractivity contribution < 1.29 is 19.1 Å². The summed E-state index contributed by atoms with van der Waals surface area (Å²) < 4.78 is 5.19. The highest BCUT2D eigenvalue weighted by molar-refractivity contribution is 6.05. The molecule has 3 atom stereocenters. The number of hydrogen-bond donors (Lipinski definition) is 1. The predicted octanol–water partition coefficient (Wildman–Crippen LogP) is 1.76. The topological polar surface area (TPSA) is 79.0 Å². The first-order chi connectivity index (χ1) is 13.9. The summed E-state index contributed by atoms with van der Waals surface area (Å²) in [6, 6.07) is 7.76. The average Bonchev–Trinajstić information content (AvgIpc) is 2.97. The molecule has 1 aromatic carbocycles. The van der Waals surface area contributed by atoms with Crippen molar-refractivity contribution in [2.45, 2.75) is 25.3 Å². The van der Waals surface area contributed by atoms with E-state index in [1.54, 1.807) is 7.11 Å². The van der Waals surface area contributed by atoms with Crippen molar-refractivity contribution in [2.24, 2.45) is 11.8 Å². The second kappa shape index (κ2) is 9.22. The molecule has 0 aromatic heterocycles. The number of imide groups is 1. The summed E-state index contributed by atoms with van der Waals surface area (Å²) >= 11 is 0. The third kappa shape index (κ3) is 4.67. The average molecular weight is 399 g/mol. The maximum absolute atomic E-state index is 12.5. The van der Waals surface area contributed by atoms with Gasteiger partial charge in [-0.25, -0.2) is 0 Å². The van der Waals surface area contributed by atoms with Crippen LogP contribution < -0.4 is 10.1 Å². The number of likely N-dealkylation sites (N-methyl/N-ethyl adjacent to an activating group) is 1. The summed E-state index contributed by atoms with van der Waals surface area (Å²) in [6.07, 6.45) is 5.27. The molecule has 3 rings (SSSR count). The number of benzene rings is 1. The van der Waals surface area contributed by atoms with Crippen LogP contribution in [0, 0.1) is 11.8 Å². The molecule has 1 fully saturated rings. The molecule has 156 valence electrons. The number of allylic oxidation sites excluding steroid dienone is 2. The first-order valence-corrected chi connectivity index (χ1v) is 9.99. The van der Waals surface area contributed by atoms with Gasteiger partial charge in [0.15, 0.2) is 0 Å². The molecule has 2 aliphatic rings. The van der Waals surface area contributed by atoms with Gasteiger partial charge in [-0.15, -0.1) is 0 Å². The van der Waals surface area contributed by atoms with Crippen LogP contribution in [0.15, 0.2) is 36.4 Å². The van der Waals surface area contributed by atoms with Crippen LogP contribution in [0.25, 0.3) is 0 Å². The number of methoxy groups -OCH3 is 1. The molecule has 0 radical (unpaired) electrons. The van der Waals surface area contributed by atoms with Gasteiger partial charge in [-0.3, -0.25) is 19.3 Å². The Balaban J connectivity index is 1.52. The molecule has 1 aliphatic heterocycles. The van der Waals surface area contributed by atoms with Crippen LogP contribution in [0.2, 0.25) is 0 Å². The molecule has 0 spiro atoms. The maximum Gasteiger partial charge on any atom is 0.233 e. The number of hydrogen-bond acceptors (Lipinski definition) is 5. The summed E-state index contributed by atoms with van der Waals surface area (Å²) in [6.45, 7) is 0.584. The number of likely N-dealkylation sites (tertiary alicyclic amines) is 1. The summed E-state index contributed by atoms with van der Waals surface area (Å²) in [7, 11) is 5.54. The normalized spacial score (nSPS) is 22.0. The minimum Gasteiger partial charge on any atom is -0.497 e. The molecule has 1 saturated heterocycles. The van der Waals surface area contributed by atoms with Crippen LogP contribution in [0.4, 0.5) is 0 Å². The van der Waals surface area contributed by atoms with Crippen molar-refractivity contribution in [1.29, 1.82) is 0 Å². The second-order valence-corrected chi connectivity index (χ2v) is 7.79. The Kier molecular flexibility index (Phi) is 6.69. The molecule has 7 nitrogen and oxygen atoms in total. The zero-order chi connectivity index (χ0) is 21.0. The van der Waals surface area contributed by atoms with Gasteiger partial charge in [0.05, 0.1) is 25.0 Å². The van der Waals surface area contributed by atoms with Gasteiger partial charge in [0.25, 0.3) is 0 Å². The number of carbonyl (C=O) groups is 3. The zero-order valence-electron chi connectivity index (χ0n) is 17.3. The van der Waals surface area contributed by atoms with E-state index in [9.17, 15) is 14.4 Å². The van der Waals surface area contributed by atoms with E-state index in [0.29, 0.717) is 19.4 Å². The first-order valence-electron chi connectivity index (χ1n) is 9.99. The molecule has 7 heteroatoms. The lowest BCUT2D eigenvalue weighted by Gasteiger charge is -2.25. The van der Waals surface area contributed by atoms with Crippen molar-refractivity contribution in [1.82, 2.24) is 15.1 Å². The van der Waals surface area contributed by atoms with Gasteiger partial charge in [-0.1, -0.05) is 24.3 Å². The van der Waals surface area contributed by atoms with E-state index >= 15 is 0 Å². The van der Waals surface area contributed by atoms with Crippen molar-refractivity contribution in [2.75, 3.05) is 34.3 Å². The number of ether oxygens (including phenoxy) is 1. The number of nitrogens with one attached hydrogen (secondary N) is 1. The van der Waals surface area contributed by atoms with E-state index in [-0.39, 0.29) is 48.6 Å². The Morgan fingerprint density at radius 3 is 2.24 bits per heavy atom. The molecule has 29 heavy (non-hydrogen) atoms. The third-order valence-electron chi connectivity index (χ3n) is 5.78. The van der Waals surface area contributed by atoms with E-state index < -0.39 is 0 Å². The highest BCUT2D eigenvalue weighted by atomic mass is 16.5. The van der Waals surface area contributed by atoms with Crippen LogP contribution in [-0.2, 0) is 14.4 Å². The summed E-state index contributed by atoms with van der Waals surface area (Å²) in [5.74, 6) is -0.152. The van der Waals surface area contributed by atoms with Gasteiger partial charge in [-0.2, -0.15) is 0 Å². The van der Waals surface area contributed by atoms with Crippen molar-refractivity contribution >= 4 is 17.7 Å². The van der Waals surface area contributed by atoms with Gasteiger partial charge in [0.1, 0.15) is 5.75 Å². The molecule has 1 N–H and O–H groups in total. The lowest BCUT2D eigenvalue weighted by molar-refractivity contribution is -0.140.